The SMILES string of the molecule is Cc1ccc(C(=O)Cc2ccc(C(C)C)cc2)cn1. The molecule has 2 nitrogen and oxygen atoms in total. The summed E-state index contributed by atoms with van der Waals surface area (Å²) in [5, 5.41) is 0. The van der Waals surface area contributed by atoms with Gasteiger partial charge in [0.1, 0.15) is 0 Å². The van der Waals surface area contributed by atoms with Crippen LogP contribution in [0.2, 0.25) is 0 Å². The molecule has 0 saturated heterocycles. The second kappa shape index (κ2) is 5.79. The zero-order valence-electron chi connectivity index (χ0n) is 11.7. The second-order valence-corrected chi connectivity index (χ2v) is 5.18. The van der Waals surface area contributed by atoms with E-state index in [0.717, 1.165) is 11.3 Å². The number of hydrogen-bond donors (Lipinski definition) is 0. The van der Waals surface area contributed by atoms with Crippen molar-refractivity contribution in [3.05, 3.63) is 65.0 Å². The summed E-state index contributed by atoms with van der Waals surface area (Å²) in [6.07, 6.45) is 2.09. The maximum absolute atomic E-state index is 12.1. The van der Waals surface area contributed by atoms with Crippen LogP contribution in [-0.4, -0.2) is 10.8 Å². The van der Waals surface area contributed by atoms with Gasteiger partial charge in [-0.05, 0) is 36.1 Å². The quantitative estimate of drug-likeness (QED) is 0.772. The number of pyridine rings is 1. The van der Waals surface area contributed by atoms with E-state index in [9.17, 15) is 4.79 Å². The van der Waals surface area contributed by atoms with E-state index >= 15 is 0 Å². The van der Waals surface area contributed by atoms with Crippen molar-refractivity contribution >= 4 is 5.78 Å². The van der Waals surface area contributed by atoms with E-state index in [-0.39, 0.29) is 5.78 Å². The van der Waals surface area contributed by atoms with Gasteiger partial charge in [0.15, 0.2) is 5.78 Å². The standard InChI is InChI=1S/C17H19NO/c1-12(2)15-8-5-14(6-9-15)10-17(19)16-7-4-13(3)18-11-16/h4-9,11-12H,10H2,1-3H3. The molecule has 0 saturated carbocycles. The normalized spacial score (nSPS) is 10.7. The number of aryl methyl sites for hydroxylation is 1. The van der Waals surface area contributed by atoms with Gasteiger partial charge in [0.25, 0.3) is 0 Å². The molecule has 0 bridgehead atoms. The lowest BCUT2D eigenvalue weighted by molar-refractivity contribution is 0.0992. The second-order valence-electron chi connectivity index (χ2n) is 5.18. The third-order valence-corrected chi connectivity index (χ3v) is 3.24. The van der Waals surface area contributed by atoms with Gasteiger partial charge in [-0.1, -0.05) is 38.1 Å². The Bertz CT molecular complexity index is 553. The van der Waals surface area contributed by atoms with E-state index in [1.165, 1.54) is 5.56 Å². The molecule has 98 valence electrons. The summed E-state index contributed by atoms with van der Waals surface area (Å²) in [5.41, 5.74) is 3.96. The smallest absolute Gasteiger partial charge is 0.168 e. The predicted molar refractivity (Wildman–Crippen MR) is 77.5 cm³/mol. The molecular weight excluding hydrogens is 234 g/mol. The lowest BCUT2D eigenvalue weighted by Crippen LogP contribution is -2.04. The van der Waals surface area contributed by atoms with Crippen LogP contribution < -0.4 is 0 Å². The van der Waals surface area contributed by atoms with Crippen LogP contribution in [0.1, 0.15) is 46.9 Å². The molecule has 1 heterocycles. The number of carbonyl (C=O) groups excluding carboxylic acids is 1. The topological polar surface area (TPSA) is 30.0 Å². The average molecular weight is 253 g/mol. The monoisotopic (exact) mass is 253 g/mol. The number of hydrogen-bond acceptors (Lipinski definition) is 2. The van der Waals surface area contributed by atoms with E-state index < -0.39 is 0 Å². The number of Topliss-reactive ketones (excluding diaryl/α,β-unsaturated/α-hetero) is 1. The van der Waals surface area contributed by atoms with Gasteiger partial charge in [-0.15, -0.1) is 0 Å². The molecule has 0 radical (unpaired) electrons. The first kappa shape index (κ1) is 13.5. The van der Waals surface area contributed by atoms with Gasteiger partial charge in [-0.25, -0.2) is 0 Å². The Labute approximate surface area is 114 Å². The van der Waals surface area contributed by atoms with Crippen molar-refractivity contribution in [3.63, 3.8) is 0 Å². The van der Waals surface area contributed by atoms with Crippen LogP contribution in [0.3, 0.4) is 0 Å². The highest BCUT2D eigenvalue weighted by atomic mass is 16.1. The van der Waals surface area contributed by atoms with Crippen molar-refractivity contribution < 1.29 is 4.79 Å². The first-order valence-corrected chi connectivity index (χ1v) is 6.61. The number of carbonyl (C=O) groups is 1. The van der Waals surface area contributed by atoms with Gasteiger partial charge in [0, 0.05) is 23.9 Å². The van der Waals surface area contributed by atoms with E-state index in [2.05, 4.69) is 31.0 Å². The molecule has 0 aliphatic rings. The summed E-state index contributed by atoms with van der Waals surface area (Å²) in [4.78, 5) is 16.3. The van der Waals surface area contributed by atoms with Gasteiger partial charge in [-0.3, -0.25) is 9.78 Å². The number of ketones is 1. The fourth-order valence-electron chi connectivity index (χ4n) is 1.94. The summed E-state index contributed by atoms with van der Waals surface area (Å²) in [6, 6.07) is 12.0. The van der Waals surface area contributed by atoms with Crippen molar-refractivity contribution in [3.8, 4) is 0 Å². The highest BCUT2D eigenvalue weighted by molar-refractivity contribution is 5.97. The Balaban J connectivity index is 2.08. The van der Waals surface area contributed by atoms with Crippen LogP contribution in [0, 0.1) is 6.92 Å². The van der Waals surface area contributed by atoms with Crippen LogP contribution in [-0.2, 0) is 6.42 Å². The molecule has 2 heteroatoms. The van der Waals surface area contributed by atoms with Crippen LogP contribution in [0.4, 0.5) is 0 Å². The Hall–Kier alpha value is -1.96. The molecule has 2 aromatic rings. The zero-order valence-corrected chi connectivity index (χ0v) is 11.7. The number of aromatic nitrogens is 1. The van der Waals surface area contributed by atoms with Crippen molar-refractivity contribution in [2.45, 2.75) is 33.1 Å². The minimum Gasteiger partial charge on any atom is -0.294 e. The summed E-state index contributed by atoms with van der Waals surface area (Å²) in [5.74, 6) is 0.635. The van der Waals surface area contributed by atoms with Gasteiger partial charge in [0.2, 0.25) is 0 Å². The highest BCUT2D eigenvalue weighted by Crippen LogP contribution is 2.15. The molecule has 1 aromatic heterocycles. The zero-order chi connectivity index (χ0) is 13.8. The summed E-state index contributed by atoms with van der Waals surface area (Å²) < 4.78 is 0. The average Bonchev–Trinajstić information content (AvgIpc) is 2.40. The summed E-state index contributed by atoms with van der Waals surface area (Å²) in [7, 11) is 0. The Morgan fingerprint density at radius 3 is 2.32 bits per heavy atom. The molecule has 0 fully saturated rings. The number of rotatable bonds is 4. The van der Waals surface area contributed by atoms with Crippen molar-refractivity contribution in [2.24, 2.45) is 0 Å². The van der Waals surface area contributed by atoms with Gasteiger partial charge in [0.05, 0.1) is 0 Å². The maximum atomic E-state index is 12.1. The fraction of sp³-hybridized carbons (Fsp3) is 0.294. The van der Waals surface area contributed by atoms with Crippen molar-refractivity contribution in [1.29, 1.82) is 0 Å². The number of nitrogens with zero attached hydrogens (tertiary/aromatic N) is 1. The predicted octanol–water partition coefficient (Wildman–Crippen LogP) is 3.94. The van der Waals surface area contributed by atoms with Crippen LogP contribution in [0.25, 0.3) is 0 Å². The van der Waals surface area contributed by atoms with E-state index in [1.54, 1.807) is 6.20 Å². The Kier molecular flexibility index (Phi) is 4.10. The van der Waals surface area contributed by atoms with Gasteiger partial charge in [-0.2, -0.15) is 0 Å². The summed E-state index contributed by atoms with van der Waals surface area (Å²) in [6.45, 7) is 6.25. The molecule has 0 spiro atoms. The molecule has 0 aliphatic carbocycles. The van der Waals surface area contributed by atoms with Crippen LogP contribution in [0.15, 0.2) is 42.6 Å². The number of benzene rings is 1. The third-order valence-electron chi connectivity index (χ3n) is 3.24. The minimum absolute atomic E-state index is 0.116. The minimum atomic E-state index is 0.116. The van der Waals surface area contributed by atoms with Gasteiger partial charge >= 0.3 is 0 Å². The van der Waals surface area contributed by atoms with E-state index in [4.69, 9.17) is 0 Å². The Morgan fingerprint density at radius 1 is 1.11 bits per heavy atom. The molecule has 0 N–H and O–H groups in total. The highest BCUT2D eigenvalue weighted by Gasteiger charge is 2.07. The fourth-order valence-corrected chi connectivity index (χ4v) is 1.94. The van der Waals surface area contributed by atoms with Crippen molar-refractivity contribution in [2.75, 3.05) is 0 Å². The maximum Gasteiger partial charge on any atom is 0.168 e. The summed E-state index contributed by atoms with van der Waals surface area (Å²) >= 11 is 0. The lowest BCUT2D eigenvalue weighted by Gasteiger charge is -2.06. The van der Waals surface area contributed by atoms with Gasteiger partial charge < -0.3 is 0 Å². The first-order chi connectivity index (χ1) is 9.06. The van der Waals surface area contributed by atoms with Crippen molar-refractivity contribution in [1.82, 2.24) is 4.98 Å². The molecule has 0 unspecified atom stereocenters. The molecule has 1 aromatic carbocycles. The van der Waals surface area contributed by atoms with E-state index in [1.807, 2.05) is 31.2 Å². The van der Waals surface area contributed by atoms with Crippen LogP contribution in [0.5, 0.6) is 0 Å². The molecule has 2 rings (SSSR count). The third kappa shape index (κ3) is 3.50. The largest absolute Gasteiger partial charge is 0.294 e. The molecular formula is C17H19NO. The molecule has 0 amide bonds. The lowest BCUT2D eigenvalue weighted by atomic mass is 9.99. The molecule has 0 atom stereocenters. The Morgan fingerprint density at radius 2 is 1.79 bits per heavy atom. The van der Waals surface area contributed by atoms with E-state index in [0.29, 0.717) is 17.9 Å². The van der Waals surface area contributed by atoms with Crippen LogP contribution >= 0.6 is 0 Å². The molecule has 19 heavy (non-hydrogen) atoms. The molecule has 0 aliphatic heterocycles. The first-order valence-electron chi connectivity index (χ1n) is 6.61.